The Kier molecular flexibility index (Phi) is 4.16. The van der Waals surface area contributed by atoms with Crippen molar-refractivity contribution in [3.8, 4) is 5.75 Å². The van der Waals surface area contributed by atoms with Gasteiger partial charge in [-0.05, 0) is 19.9 Å². The standard InChI is InChI=1S/C14H20N4O/c1-10-7-16-13(11(2)14(10)19-4)9-15-8-12-5-6-18(3)17-12/h5-7,15H,8-9H2,1-4H3. The van der Waals surface area contributed by atoms with Crippen LogP contribution in [0.15, 0.2) is 18.5 Å². The molecule has 2 aromatic heterocycles. The summed E-state index contributed by atoms with van der Waals surface area (Å²) in [6.07, 6.45) is 3.79. The molecule has 102 valence electrons. The van der Waals surface area contributed by atoms with E-state index in [9.17, 15) is 0 Å². The van der Waals surface area contributed by atoms with Gasteiger partial charge in [0.25, 0.3) is 0 Å². The number of aryl methyl sites for hydroxylation is 2. The summed E-state index contributed by atoms with van der Waals surface area (Å²) in [7, 11) is 3.61. The third-order valence-electron chi connectivity index (χ3n) is 3.12. The molecule has 0 spiro atoms. The quantitative estimate of drug-likeness (QED) is 0.889. The fourth-order valence-corrected chi connectivity index (χ4v) is 2.12. The third-order valence-corrected chi connectivity index (χ3v) is 3.12. The maximum atomic E-state index is 5.40. The number of hydrogen-bond donors (Lipinski definition) is 1. The largest absolute Gasteiger partial charge is 0.496 e. The van der Waals surface area contributed by atoms with E-state index < -0.39 is 0 Å². The number of aromatic nitrogens is 3. The Morgan fingerprint density at radius 2 is 2.11 bits per heavy atom. The summed E-state index contributed by atoms with van der Waals surface area (Å²) in [5.41, 5.74) is 4.20. The summed E-state index contributed by atoms with van der Waals surface area (Å²) in [4.78, 5) is 4.45. The second-order valence-corrected chi connectivity index (χ2v) is 4.63. The Bertz CT molecular complexity index is 563. The van der Waals surface area contributed by atoms with Crippen LogP contribution in [0.2, 0.25) is 0 Å². The minimum Gasteiger partial charge on any atom is -0.496 e. The molecule has 0 aromatic carbocycles. The van der Waals surface area contributed by atoms with Crippen LogP contribution in [-0.4, -0.2) is 21.9 Å². The Balaban J connectivity index is 2.00. The third kappa shape index (κ3) is 3.12. The molecule has 19 heavy (non-hydrogen) atoms. The van der Waals surface area contributed by atoms with Crippen molar-refractivity contribution in [2.75, 3.05) is 7.11 Å². The van der Waals surface area contributed by atoms with Gasteiger partial charge < -0.3 is 10.1 Å². The predicted octanol–water partition coefficient (Wildman–Crippen LogP) is 1.73. The molecule has 5 heteroatoms. The van der Waals surface area contributed by atoms with Crippen LogP contribution in [0.1, 0.15) is 22.5 Å². The van der Waals surface area contributed by atoms with Crippen molar-refractivity contribution < 1.29 is 4.74 Å². The zero-order valence-electron chi connectivity index (χ0n) is 11.9. The van der Waals surface area contributed by atoms with Gasteiger partial charge >= 0.3 is 0 Å². The summed E-state index contributed by atoms with van der Waals surface area (Å²) in [6.45, 7) is 5.48. The minimum absolute atomic E-state index is 0.707. The predicted molar refractivity (Wildman–Crippen MR) is 74.0 cm³/mol. The highest BCUT2D eigenvalue weighted by Crippen LogP contribution is 2.23. The average Bonchev–Trinajstić information content (AvgIpc) is 2.79. The van der Waals surface area contributed by atoms with Gasteiger partial charge in [0.1, 0.15) is 5.75 Å². The highest BCUT2D eigenvalue weighted by atomic mass is 16.5. The van der Waals surface area contributed by atoms with Gasteiger partial charge in [-0.3, -0.25) is 9.67 Å². The minimum atomic E-state index is 0.707. The van der Waals surface area contributed by atoms with E-state index in [1.807, 2.05) is 39.4 Å². The van der Waals surface area contributed by atoms with E-state index >= 15 is 0 Å². The Morgan fingerprint density at radius 3 is 2.74 bits per heavy atom. The number of methoxy groups -OCH3 is 1. The fraction of sp³-hybridized carbons (Fsp3) is 0.429. The topological polar surface area (TPSA) is 52.0 Å². The molecule has 0 amide bonds. The molecule has 0 bridgehead atoms. The van der Waals surface area contributed by atoms with Crippen molar-refractivity contribution in [2.24, 2.45) is 7.05 Å². The van der Waals surface area contributed by atoms with Gasteiger partial charge in [0.15, 0.2) is 0 Å². The first-order valence-corrected chi connectivity index (χ1v) is 6.30. The molecule has 2 aromatic rings. The second kappa shape index (κ2) is 5.84. The van der Waals surface area contributed by atoms with E-state index in [2.05, 4.69) is 15.4 Å². The molecule has 0 aliphatic carbocycles. The van der Waals surface area contributed by atoms with E-state index in [0.717, 1.165) is 34.8 Å². The number of ether oxygens (including phenoxy) is 1. The normalized spacial score (nSPS) is 10.7. The van der Waals surface area contributed by atoms with Gasteiger partial charge in [-0.25, -0.2) is 0 Å². The van der Waals surface area contributed by atoms with Crippen LogP contribution >= 0.6 is 0 Å². The van der Waals surface area contributed by atoms with Gasteiger partial charge in [0, 0.05) is 43.7 Å². The molecule has 2 heterocycles. The van der Waals surface area contributed by atoms with Crippen LogP contribution < -0.4 is 10.1 Å². The monoisotopic (exact) mass is 260 g/mol. The van der Waals surface area contributed by atoms with Crippen LogP contribution in [0.3, 0.4) is 0 Å². The smallest absolute Gasteiger partial charge is 0.128 e. The highest BCUT2D eigenvalue weighted by molar-refractivity contribution is 5.40. The lowest BCUT2D eigenvalue weighted by Crippen LogP contribution is -2.15. The molecule has 0 atom stereocenters. The summed E-state index contributed by atoms with van der Waals surface area (Å²) >= 11 is 0. The van der Waals surface area contributed by atoms with E-state index in [-0.39, 0.29) is 0 Å². The number of pyridine rings is 1. The lowest BCUT2D eigenvalue weighted by molar-refractivity contribution is 0.406. The zero-order chi connectivity index (χ0) is 13.8. The molecular formula is C14H20N4O. The number of hydrogen-bond acceptors (Lipinski definition) is 4. The van der Waals surface area contributed by atoms with Gasteiger partial charge in [-0.2, -0.15) is 5.10 Å². The number of nitrogens with zero attached hydrogens (tertiary/aromatic N) is 3. The summed E-state index contributed by atoms with van der Waals surface area (Å²) in [6, 6.07) is 2.00. The van der Waals surface area contributed by atoms with Gasteiger partial charge in [-0.15, -0.1) is 0 Å². The molecule has 0 fully saturated rings. The summed E-state index contributed by atoms with van der Waals surface area (Å²) in [5.74, 6) is 0.921. The van der Waals surface area contributed by atoms with Crippen LogP contribution in [0.4, 0.5) is 0 Å². The highest BCUT2D eigenvalue weighted by Gasteiger charge is 2.09. The molecule has 0 radical (unpaired) electrons. The van der Waals surface area contributed by atoms with Crippen molar-refractivity contribution in [1.29, 1.82) is 0 Å². The van der Waals surface area contributed by atoms with Crippen LogP contribution in [0.25, 0.3) is 0 Å². The van der Waals surface area contributed by atoms with Crippen molar-refractivity contribution in [2.45, 2.75) is 26.9 Å². The van der Waals surface area contributed by atoms with Crippen molar-refractivity contribution >= 4 is 0 Å². The molecular weight excluding hydrogens is 240 g/mol. The Morgan fingerprint density at radius 1 is 1.32 bits per heavy atom. The number of rotatable bonds is 5. The first-order chi connectivity index (χ1) is 9.11. The van der Waals surface area contributed by atoms with Crippen molar-refractivity contribution in [3.63, 3.8) is 0 Å². The van der Waals surface area contributed by atoms with Crippen LogP contribution in [0, 0.1) is 13.8 Å². The molecule has 5 nitrogen and oxygen atoms in total. The molecule has 0 unspecified atom stereocenters. The zero-order valence-corrected chi connectivity index (χ0v) is 11.9. The lowest BCUT2D eigenvalue weighted by atomic mass is 10.1. The summed E-state index contributed by atoms with van der Waals surface area (Å²) < 4.78 is 7.20. The van der Waals surface area contributed by atoms with Crippen LogP contribution in [-0.2, 0) is 20.1 Å². The van der Waals surface area contributed by atoms with E-state index in [4.69, 9.17) is 4.74 Å². The molecule has 0 aliphatic rings. The molecule has 1 N–H and O–H groups in total. The second-order valence-electron chi connectivity index (χ2n) is 4.63. The van der Waals surface area contributed by atoms with Gasteiger partial charge in [0.2, 0.25) is 0 Å². The maximum absolute atomic E-state index is 5.40. The van der Waals surface area contributed by atoms with Gasteiger partial charge in [-0.1, -0.05) is 0 Å². The van der Waals surface area contributed by atoms with E-state index in [1.165, 1.54) is 0 Å². The lowest BCUT2D eigenvalue weighted by Gasteiger charge is -2.12. The van der Waals surface area contributed by atoms with Gasteiger partial charge in [0.05, 0.1) is 18.5 Å². The molecule has 0 aliphatic heterocycles. The van der Waals surface area contributed by atoms with Crippen molar-refractivity contribution in [3.05, 3.63) is 41.0 Å². The molecule has 2 rings (SSSR count). The average molecular weight is 260 g/mol. The number of nitrogens with one attached hydrogen (secondary N) is 1. The molecule has 0 saturated carbocycles. The molecule has 0 saturated heterocycles. The van der Waals surface area contributed by atoms with E-state index in [1.54, 1.807) is 11.8 Å². The Hall–Kier alpha value is -1.88. The van der Waals surface area contributed by atoms with E-state index in [0.29, 0.717) is 6.54 Å². The first-order valence-electron chi connectivity index (χ1n) is 6.30. The van der Waals surface area contributed by atoms with Crippen molar-refractivity contribution in [1.82, 2.24) is 20.1 Å². The summed E-state index contributed by atoms with van der Waals surface area (Å²) in [5, 5.41) is 7.67. The first kappa shape index (κ1) is 13.5. The Labute approximate surface area is 113 Å². The van der Waals surface area contributed by atoms with Crippen LogP contribution in [0.5, 0.6) is 5.75 Å². The fourth-order valence-electron chi connectivity index (χ4n) is 2.12. The maximum Gasteiger partial charge on any atom is 0.128 e. The SMILES string of the molecule is COc1c(C)cnc(CNCc2ccn(C)n2)c1C.